The first kappa shape index (κ1) is 17.2. The maximum atomic E-state index is 7.33. The number of hydrogen-bond donors (Lipinski definition) is 1. The first-order valence-corrected chi connectivity index (χ1v) is 9.18. The van der Waals surface area contributed by atoms with Gasteiger partial charge in [0.25, 0.3) is 0 Å². The van der Waals surface area contributed by atoms with E-state index in [2.05, 4.69) is 19.8 Å². The highest BCUT2D eigenvalue weighted by molar-refractivity contribution is 6.35. The summed E-state index contributed by atoms with van der Waals surface area (Å²) in [6, 6.07) is 15.0. The van der Waals surface area contributed by atoms with Crippen molar-refractivity contribution in [2.24, 2.45) is 0 Å². The third-order valence-electron chi connectivity index (χ3n) is 4.75. The average Bonchev–Trinajstić information content (AvgIpc) is 3.24. The number of nitrogens with zero attached hydrogens (tertiary/aromatic N) is 5. The van der Waals surface area contributed by atoms with Gasteiger partial charge in [-0.05, 0) is 29.8 Å². The van der Waals surface area contributed by atoms with Crippen LogP contribution < -0.4 is 5.73 Å². The summed E-state index contributed by atoms with van der Waals surface area (Å²) in [5.41, 5.74) is 11.1. The largest absolute Gasteiger partial charge is 0.381 e. The van der Waals surface area contributed by atoms with Gasteiger partial charge in [-0.15, -0.1) is 0 Å². The fourth-order valence-corrected chi connectivity index (χ4v) is 3.77. The van der Waals surface area contributed by atoms with Crippen LogP contribution in [0.1, 0.15) is 0 Å². The lowest BCUT2D eigenvalue weighted by Crippen LogP contribution is -2.03. The summed E-state index contributed by atoms with van der Waals surface area (Å²) in [4.78, 5) is 16.9. The molecule has 2 aromatic carbocycles. The van der Waals surface area contributed by atoms with Crippen LogP contribution in [0.2, 0.25) is 5.02 Å². The standard InChI is InChI=1S/C22H13ClN6/c1-25-16-6-2-4-14(11-16)19-20(29-9-8-27-22(29)21(24)28-19)15-10-13-5-3-7-26-18(13)17(23)12-15/h2-12H,(H2,24,28). The molecule has 0 atom stereocenters. The van der Waals surface area contributed by atoms with Gasteiger partial charge in [-0.1, -0.05) is 35.9 Å². The predicted octanol–water partition coefficient (Wildman–Crippen LogP) is 5.40. The number of nitrogens with two attached hydrogens (primary N) is 1. The molecule has 0 spiro atoms. The smallest absolute Gasteiger partial charge is 0.187 e. The normalized spacial score (nSPS) is 11.0. The average molecular weight is 397 g/mol. The molecular weight excluding hydrogens is 384 g/mol. The summed E-state index contributed by atoms with van der Waals surface area (Å²) in [7, 11) is 0. The molecule has 3 heterocycles. The first-order valence-electron chi connectivity index (χ1n) is 8.81. The van der Waals surface area contributed by atoms with Crippen LogP contribution >= 0.6 is 11.6 Å². The van der Waals surface area contributed by atoms with Crippen molar-refractivity contribution >= 4 is 39.7 Å². The Morgan fingerprint density at radius 3 is 2.76 bits per heavy atom. The highest BCUT2D eigenvalue weighted by Crippen LogP contribution is 2.37. The van der Waals surface area contributed by atoms with Crippen molar-refractivity contribution in [3.8, 4) is 22.5 Å². The Balaban J connectivity index is 1.89. The van der Waals surface area contributed by atoms with E-state index in [1.807, 2.05) is 47.0 Å². The van der Waals surface area contributed by atoms with Gasteiger partial charge in [0.15, 0.2) is 17.2 Å². The molecule has 0 aliphatic rings. The molecule has 0 saturated heterocycles. The molecule has 5 rings (SSSR count). The Labute approximate surface area is 171 Å². The van der Waals surface area contributed by atoms with Crippen LogP contribution in [0.5, 0.6) is 0 Å². The van der Waals surface area contributed by atoms with Gasteiger partial charge in [-0.2, -0.15) is 0 Å². The van der Waals surface area contributed by atoms with E-state index < -0.39 is 0 Å². The van der Waals surface area contributed by atoms with Gasteiger partial charge in [-0.3, -0.25) is 9.38 Å². The lowest BCUT2D eigenvalue weighted by Gasteiger charge is -2.15. The molecule has 0 bridgehead atoms. The van der Waals surface area contributed by atoms with E-state index in [0.29, 0.717) is 27.9 Å². The number of hydrogen-bond acceptors (Lipinski definition) is 4. The summed E-state index contributed by atoms with van der Waals surface area (Å²) in [6.45, 7) is 7.33. The molecule has 0 saturated carbocycles. The number of aromatic nitrogens is 4. The fraction of sp³-hybridized carbons (Fsp3) is 0. The summed E-state index contributed by atoms with van der Waals surface area (Å²) < 4.78 is 1.90. The van der Waals surface area contributed by atoms with Gasteiger partial charge in [0.05, 0.1) is 28.5 Å². The van der Waals surface area contributed by atoms with E-state index in [1.54, 1.807) is 24.5 Å². The Hall–Kier alpha value is -3.95. The molecule has 29 heavy (non-hydrogen) atoms. The van der Waals surface area contributed by atoms with E-state index in [0.717, 1.165) is 27.7 Å². The van der Waals surface area contributed by atoms with Crippen LogP contribution in [-0.4, -0.2) is 19.4 Å². The summed E-state index contributed by atoms with van der Waals surface area (Å²) in [6.07, 6.45) is 5.24. The minimum Gasteiger partial charge on any atom is -0.381 e. The Morgan fingerprint density at radius 1 is 1.00 bits per heavy atom. The summed E-state index contributed by atoms with van der Waals surface area (Å²) in [5.74, 6) is 0.315. The Bertz CT molecular complexity index is 1450. The molecule has 0 unspecified atom stereocenters. The van der Waals surface area contributed by atoms with Crippen LogP contribution in [0.4, 0.5) is 11.5 Å². The van der Waals surface area contributed by atoms with Crippen molar-refractivity contribution in [1.82, 2.24) is 19.4 Å². The van der Waals surface area contributed by atoms with Crippen molar-refractivity contribution in [2.45, 2.75) is 0 Å². The summed E-state index contributed by atoms with van der Waals surface area (Å²) >= 11 is 6.54. The number of fused-ring (bicyclic) bond motifs is 2. The number of rotatable bonds is 2. The monoisotopic (exact) mass is 396 g/mol. The summed E-state index contributed by atoms with van der Waals surface area (Å²) in [5, 5.41) is 1.46. The zero-order valence-electron chi connectivity index (χ0n) is 15.0. The van der Waals surface area contributed by atoms with E-state index in [-0.39, 0.29) is 0 Å². The van der Waals surface area contributed by atoms with E-state index in [9.17, 15) is 0 Å². The zero-order chi connectivity index (χ0) is 20.0. The predicted molar refractivity (Wildman–Crippen MR) is 115 cm³/mol. The molecule has 0 amide bonds. The van der Waals surface area contributed by atoms with Crippen molar-refractivity contribution in [3.63, 3.8) is 0 Å². The van der Waals surface area contributed by atoms with Gasteiger partial charge < -0.3 is 5.73 Å². The zero-order valence-corrected chi connectivity index (χ0v) is 15.8. The molecular formula is C22H13ClN6. The molecule has 138 valence electrons. The maximum absolute atomic E-state index is 7.33. The molecule has 0 fully saturated rings. The van der Waals surface area contributed by atoms with Crippen molar-refractivity contribution in [3.05, 3.63) is 83.6 Å². The molecule has 0 aliphatic carbocycles. The van der Waals surface area contributed by atoms with Crippen LogP contribution in [-0.2, 0) is 0 Å². The second-order valence-corrected chi connectivity index (χ2v) is 6.92. The second-order valence-electron chi connectivity index (χ2n) is 6.51. The van der Waals surface area contributed by atoms with Crippen molar-refractivity contribution in [1.29, 1.82) is 0 Å². The third kappa shape index (κ3) is 2.76. The number of anilines is 1. The minimum atomic E-state index is 0.315. The first-order chi connectivity index (χ1) is 14.2. The second kappa shape index (κ2) is 6.59. The third-order valence-corrected chi connectivity index (χ3v) is 5.04. The van der Waals surface area contributed by atoms with Gasteiger partial charge >= 0.3 is 0 Å². The van der Waals surface area contributed by atoms with E-state index in [1.165, 1.54) is 0 Å². The number of imidazole rings is 1. The van der Waals surface area contributed by atoms with Crippen molar-refractivity contribution in [2.75, 3.05) is 5.73 Å². The van der Waals surface area contributed by atoms with Gasteiger partial charge in [-0.25, -0.2) is 14.8 Å². The molecule has 7 heteroatoms. The fourth-order valence-electron chi connectivity index (χ4n) is 3.50. The number of halogens is 1. The number of benzene rings is 2. The number of nitrogen functional groups attached to an aromatic ring is 1. The van der Waals surface area contributed by atoms with E-state index in [4.69, 9.17) is 23.9 Å². The molecule has 5 aromatic rings. The van der Waals surface area contributed by atoms with Gasteiger partial charge in [0.2, 0.25) is 0 Å². The quantitative estimate of drug-likeness (QED) is 0.405. The molecule has 0 aliphatic heterocycles. The van der Waals surface area contributed by atoms with Crippen LogP contribution in [0.3, 0.4) is 0 Å². The SMILES string of the molecule is [C-]#[N+]c1cccc(-c2nc(N)c3nccn3c2-c2cc(Cl)c3ncccc3c2)c1. The lowest BCUT2D eigenvalue weighted by molar-refractivity contribution is 1.14. The molecule has 6 nitrogen and oxygen atoms in total. The topological polar surface area (TPSA) is 73.5 Å². The van der Waals surface area contributed by atoms with Crippen LogP contribution in [0.25, 0.3) is 43.9 Å². The Kier molecular flexibility index (Phi) is 3.90. The number of pyridine rings is 1. The van der Waals surface area contributed by atoms with Gasteiger partial charge in [0, 0.05) is 29.5 Å². The lowest BCUT2D eigenvalue weighted by atomic mass is 10.0. The molecule has 0 radical (unpaired) electrons. The van der Waals surface area contributed by atoms with Crippen LogP contribution in [0, 0.1) is 6.57 Å². The highest BCUT2D eigenvalue weighted by Gasteiger charge is 2.18. The van der Waals surface area contributed by atoms with Gasteiger partial charge in [0.1, 0.15) is 0 Å². The van der Waals surface area contributed by atoms with Crippen molar-refractivity contribution < 1.29 is 0 Å². The highest BCUT2D eigenvalue weighted by atomic mass is 35.5. The van der Waals surface area contributed by atoms with Crippen LogP contribution in [0.15, 0.2) is 67.1 Å². The molecule has 3 aromatic heterocycles. The Morgan fingerprint density at radius 2 is 1.90 bits per heavy atom. The van der Waals surface area contributed by atoms with E-state index >= 15 is 0 Å². The molecule has 2 N–H and O–H groups in total. The maximum Gasteiger partial charge on any atom is 0.187 e. The minimum absolute atomic E-state index is 0.315.